The lowest BCUT2D eigenvalue weighted by atomic mass is 9.86. The van der Waals surface area contributed by atoms with Crippen LogP contribution in [-0.2, 0) is 19.3 Å². The second-order valence-electron chi connectivity index (χ2n) is 5.91. The summed E-state index contributed by atoms with van der Waals surface area (Å²) in [6.07, 6.45) is 3.16. The number of benzene rings is 1. The number of rotatable bonds is 3. The van der Waals surface area contributed by atoms with Gasteiger partial charge in [-0.25, -0.2) is 8.42 Å². The molecule has 22 heavy (non-hydrogen) atoms. The maximum absolute atomic E-state index is 12.5. The van der Waals surface area contributed by atoms with Crippen LogP contribution in [0.25, 0.3) is 0 Å². The van der Waals surface area contributed by atoms with Gasteiger partial charge < -0.3 is 9.47 Å². The molecule has 1 saturated carbocycles. The van der Waals surface area contributed by atoms with Crippen LogP contribution in [-0.4, -0.2) is 33.2 Å². The monoisotopic (exact) mass is 408 g/mol. The summed E-state index contributed by atoms with van der Waals surface area (Å²) in [5, 5.41) is 0.413. The van der Waals surface area contributed by atoms with Crippen LogP contribution in [0.3, 0.4) is 0 Å². The van der Waals surface area contributed by atoms with Gasteiger partial charge in [-0.05, 0) is 52.9 Å². The Balaban J connectivity index is 1.66. The summed E-state index contributed by atoms with van der Waals surface area (Å²) in [5.41, 5.74) is 0. The molecule has 0 radical (unpaired) electrons. The zero-order chi connectivity index (χ0) is 15.8. The fraction of sp³-hybridized carbons (Fsp3) is 0.600. The van der Waals surface area contributed by atoms with E-state index < -0.39 is 15.6 Å². The standard InChI is InChI=1S/C15H18BrClO4S/c16-13-2-1-12(9-14(13)17)22(18,19)10-11-3-5-15(6-4-11)20-7-8-21-15/h1-2,9,11H,3-8,10H2. The van der Waals surface area contributed by atoms with Crippen molar-refractivity contribution in [2.75, 3.05) is 19.0 Å². The number of hydrogen-bond donors (Lipinski definition) is 0. The molecule has 122 valence electrons. The van der Waals surface area contributed by atoms with Crippen molar-refractivity contribution in [3.63, 3.8) is 0 Å². The first-order valence-electron chi connectivity index (χ1n) is 7.36. The Morgan fingerprint density at radius 1 is 1.23 bits per heavy atom. The summed E-state index contributed by atoms with van der Waals surface area (Å²) in [7, 11) is -3.32. The predicted octanol–water partition coefficient (Wildman–Crippen LogP) is 3.81. The van der Waals surface area contributed by atoms with Crippen LogP contribution in [0.15, 0.2) is 27.6 Å². The molecule has 0 N–H and O–H groups in total. The average molecular weight is 410 g/mol. The second kappa shape index (κ2) is 6.40. The first kappa shape index (κ1) is 16.7. The van der Waals surface area contributed by atoms with Gasteiger partial charge in [-0.3, -0.25) is 0 Å². The van der Waals surface area contributed by atoms with Crippen molar-refractivity contribution in [1.82, 2.24) is 0 Å². The molecule has 1 saturated heterocycles. The molecule has 7 heteroatoms. The molecule has 1 aromatic rings. The summed E-state index contributed by atoms with van der Waals surface area (Å²) in [4.78, 5) is 0.286. The van der Waals surface area contributed by atoms with E-state index in [1.165, 1.54) is 6.07 Å². The third-order valence-electron chi connectivity index (χ3n) is 4.39. The number of ether oxygens (including phenoxy) is 2. The Morgan fingerprint density at radius 2 is 1.86 bits per heavy atom. The fourth-order valence-electron chi connectivity index (χ4n) is 3.15. The maximum Gasteiger partial charge on any atom is 0.178 e. The van der Waals surface area contributed by atoms with Crippen molar-refractivity contribution in [3.8, 4) is 0 Å². The SMILES string of the molecule is O=S(=O)(CC1CCC2(CC1)OCCO2)c1ccc(Br)c(Cl)c1. The first-order valence-corrected chi connectivity index (χ1v) is 10.2. The van der Waals surface area contributed by atoms with Crippen molar-refractivity contribution >= 4 is 37.4 Å². The van der Waals surface area contributed by atoms with E-state index in [9.17, 15) is 8.42 Å². The molecule has 1 heterocycles. The van der Waals surface area contributed by atoms with Gasteiger partial charge in [0.2, 0.25) is 0 Å². The summed E-state index contributed by atoms with van der Waals surface area (Å²) < 4.78 is 37.1. The van der Waals surface area contributed by atoms with E-state index in [0.717, 1.165) is 25.7 Å². The number of halogens is 2. The molecule has 0 amide bonds. The Bertz CT molecular complexity index is 646. The summed E-state index contributed by atoms with van der Waals surface area (Å²) in [5.74, 6) is -0.145. The summed E-state index contributed by atoms with van der Waals surface area (Å²) in [6.45, 7) is 1.28. The molecular weight excluding hydrogens is 392 g/mol. The van der Waals surface area contributed by atoms with Crippen molar-refractivity contribution in [3.05, 3.63) is 27.7 Å². The molecule has 0 unspecified atom stereocenters. The molecule has 0 aromatic heterocycles. The largest absolute Gasteiger partial charge is 0.348 e. The van der Waals surface area contributed by atoms with Gasteiger partial charge in [-0.1, -0.05) is 11.6 Å². The van der Waals surface area contributed by atoms with Gasteiger partial charge in [0.25, 0.3) is 0 Å². The van der Waals surface area contributed by atoms with E-state index in [2.05, 4.69) is 15.9 Å². The van der Waals surface area contributed by atoms with Crippen LogP contribution in [0.4, 0.5) is 0 Å². The molecule has 1 spiro atoms. The van der Waals surface area contributed by atoms with E-state index in [1.54, 1.807) is 12.1 Å². The topological polar surface area (TPSA) is 52.6 Å². The normalized spacial score (nSPS) is 22.3. The molecule has 3 rings (SSSR count). The van der Waals surface area contributed by atoms with Crippen molar-refractivity contribution in [2.24, 2.45) is 5.92 Å². The third kappa shape index (κ3) is 3.51. The zero-order valence-corrected chi connectivity index (χ0v) is 15.2. The minimum atomic E-state index is -3.32. The quantitative estimate of drug-likeness (QED) is 0.762. The van der Waals surface area contributed by atoms with E-state index >= 15 is 0 Å². The van der Waals surface area contributed by atoms with Gasteiger partial charge in [-0.2, -0.15) is 0 Å². The van der Waals surface area contributed by atoms with Crippen LogP contribution in [0.5, 0.6) is 0 Å². The van der Waals surface area contributed by atoms with E-state index in [4.69, 9.17) is 21.1 Å². The molecule has 0 bridgehead atoms. The highest BCUT2D eigenvalue weighted by atomic mass is 79.9. The molecule has 1 aliphatic carbocycles. The smallest absolute Gasteiger partial charge is 0.178 e. The van der Waals surface area contributed by atoms with Crippen LogP contribution < -0.4 is 0 Å². The molecule has 1 aromatic carbocycles. The van der Waals surface area contributed by atoms with Crippen molar-refractivity contribution in [1.29, 1.82) is 0 Å². The highest BCUT2D eigenvalue weighted by Crippen LogP contribution is 2.39. The highest BCUT2D eigenvalue weighted by Gasteiger charge is 2.41. The molecule has 1 aliphatic heterocycles. The van der Waals surface area contributed by atoms with Crippen molar-refractivity contribution in [2.45, 2.75) is 36.4 Å². The number of sulfone groups is 1. The average Bonchev–Trinajstić information content (AvgIpc) is 2.93. The third-order valence-corrected chi connectivity index (χ3v) is 7.50. The van der Waals surface area contributed by atoms with Gasteiger partial charge in [0, 0.05) is 17.3 Å². The Labute approximate surface area is 144 Å². The lowest BCUT2D eigenvalue weighted by Crippen LogP contribution is -2.36. The maximum atomic E-state index is 12.5. The van der Waals surface area contributed by atoms with Crippen LogP contribution in [0, 0.1) is 5.92 Å². The van der Waals surface area contributed by atoms with Crippen molar-refractivity contribution < 1.29 is 17.9 Å². The highest BCUT2D eigenvalue weighted by molar-refractivity contribution is 9.10. The minimum Gasteiger partial charge on any atom is -0.348 e. The second-order valence-corrected chi connectivity index (χ2v) is 9.20. The lowest BCUT2D eigenvalue weighted by Gasteiger charge is -2.35. The van der Waals surface area contributed by atoms with Gasteiger partial charge in [-0.15, -0.1) is 0 Å². The van der Waals surface area contributed by atoms with E-state index in [1.807, 2.05) is 0 Å². The molecule has 4 nitrogen and oxygen atoms in total. The molecule has 0 atom stereocenters. The Hall–Kier alpha value is -0.140. The van der Waals surface area contributed by atoms with E-state index in [0.29, 0.717) is 22.7 Å². The van der Waals surface area contributed by atoms with Gasteiger partial charge in [0.15, 0.2) is 15.6 Å². The molecule has 2 aliphatic rings. The fourth-order valence-corrected chi connectivity index (χ4v) is 5.36. The molecular formula is C15H18BrClO4S. The Morgan fingerprint density at radius 3 is 2.45 bits per heavy atom. The van der Waals surface area contributed by atoms with Crippen LogP contribution >= 0.6 is 27.5 Å². The minimum absolute atomic E-state index is 0.144. The van der Waals surface area contributed by atoms with Gasteiger partial charge in [0.1, 0.15) is 0 Å². The molecule has 2 fully saturated rings. The van der Waals surface area contributed by atoms with Crippen LogP contribution in [0.1, 0.15) is 25.7 Å². The Kier molecular flexibility index (Phi) is 4.86. The van der Waals surface area contributed by atoms with Gasteiger partial charge in [0.05, 0.1) is 28.9 Å². The number of hydrogen-bond acceptors (Lipinski definition) is 4. The van der Waals surface area contributed by atoms with Gasteiger partial charge >= 0.3 is 0 Å². The summed E-state index contributed by atoms with van der Waals surface area (Å²) >= 11 is 9.27. The zero-order valence-electron chi connectivity index (χ0n) is 12.1. The summed E-state index contributed by atoms with van der Waals surface area (Å²) in [6, 6.07) is 4.78. The lowest BCUT2D eigenvalue weighted by molar-refractivity contribution is -0.181. The first-order chi connectivity index (χ1) is 10.4. The predicted molar refractivity (Wildman–Crippen MR) is 87.8 cm³/mol. The van der Waals surface area contributed by atoms with Crippen LogP contribution in [0.2, 0.25) is 5.02 Å². The van der Waals surface area contributed by atoms with E-state index in [-0.39, 0.29) is 16.6 Å².